The summed E-state index contributed by atoms with van der Waals surface area (Å²) < 4.78 is 4.89. The summed E-state index contributed by atoms with van der Waals surface area (Å²) in [6.07, 6.45) is 4.80. The molecule has 110 valence electrons. The third-order valence-electron chi connectivity index (χ3n) is 1.72. The van der Waals surface area contributed by atoms with Gasteiger partial charge in [-0.1, -0.05) is 13.3 Å². The lowest BCUT2D eigenvalue weighted by molar-refractivity contribution is -0.145. The number of nitrogens with one attached hydrogen (secondary N) is 2. The third kappa shape index (κ3) is 26.0. The molecule has 0 aliphatic carbocycles. The number of ether oxygens (including phenoxy) is 1. The molecule has 0 radical (unpaired) electrons. The lowest BCUT2D eigenvalue weighted by Crippen LogP contribution is -2.32. The number of carbonyl (C=O) groups is 1. The van der Waals surface area contributed by atoms with Gasteiger partial charge < -0.3 is 16.2 Å². The quantitative estimate of drug-likeness (QED) is 0.224. The second-order valence-electron chi connectivity index (χ2n) is 3.26. The third-order valence-corrected chi connectivity index (χ3v) is 1.72. The highest BCUT2D eigenvalue weighted by Gasteiger charge is 2.13. The fraction of sp³-hybridized carbons (Fsp3) is 0.727. The van der Waals surface area contributed by atoms with Crippen LogP contribution >= 0.6 is 0 Å². The molecule has 0 aromatic rings. The van der Waals surface area contributed by atoms with Crippen molar-refractivity contribution in [2.24, 2.45) is 11.5 Å². The van der Waals surface area contributed by atoms with Gasteiger partial charge in [0.15, 0.2) is 0 Å². The van der Waals surface area contributed by atoms with Crippen molar-refractivity contribution in [3.8, 4) is 0 Å². The number of hydrogen-bond donors (Lipinski definition) is 4. The van der Waals surface area contributed by atoms with E-state index in [2.05, 4.69) is 0 Å². The van der Waals surface area contributed by atoms with Crippen LogP contribution in [0.5, 0.6) is 0 Å². The molecule has 6 N–H and O–H groups in total. The van der Waals surface area contributed by atoms with Crippen LogP contribution in [0.4, 0.5) is 0 Å². The van der Waals surface area contributed by atoms with E-state index in [-0.39, 0.29) is 5.97 Å². The number of isocyanates is 2. The molecule has 1 unspecified atom stereocenters. The van der Waals surface area contributed by atoms with Crippen molar-refractivity contribution in [3.63, 3.8) is 0 Å². The zero-order valence-electron chi connectivity index (χ0n) is 11.1. The molecule has 0 aliphatic heterocycles. The van der Waals surface area contributed by atoms with Gasteiger partial charge in [-0.05, 0) is 25.8 Å². The van der Waals surface area contributed by atoms with Crippen molar-refractivity contribution >= 4 is 18.1 Å². The van der Waals surface area contributed by atoms with Gasteiger partial charge in [0.05, 0.1) is 6.61 Å². The van der Waals surface area contributed by atoms with Crippen LogP contribution in [0, 0.1) is 10.8 Å². The summed E-state index contributed by atoms with van der Waals surface area (Å²) in [6, 6.07) is -0.474. The number of unbranched alkanes of at least 4 members (excludes halogenated alkanes) is 1. The second-order valence-corrected chi connectivity index (χ2v) is 3.26. The predicted octanol–water partition coefficient (Wildman–Crippen LogP) is 0.198. The second kappa shape index (κ2) is 21.4. The fourth-order valence-corrected chi connectivity index (χ4v) is 0.936. The van der Waals surface area contributed by atoms with E-state index in [9.17, 15) is 4.79 Å². The maximum atomic E-state index is 11.1. The maximum Gasteiger partial charge on any atom is 0.322 e. The van der Waals surface area contributed by atoms with Gasteiger partial charge in [0.2, 0.25) is 12.2 Å². The minimum absolute atomic E-state index is 0.293. The van der Waals surface area contributed by atoms with Crippen LogP contribution in [-0.4, -0.2) is 37.3 Å². The van der Waals surface area contributed by atoms with E-state index in [1.54, 1.807) is 0 Å². The number of rotatable bonds is 7. The van der Waals surface area contributed by atoms with Crippen LogP contribution in [0.3, 0.4) is 0 Å². The van der Waals surface area contributed by atoms with E-state index in [4.69, 9.17) is 36.6 Å². The predicted molar refractivity (Wildman–Crippen MR) is 69.0 cm³/mol. The van der Waals surface area contributed by atoms with Crippen molar-refractivity contribution < 1.29 is 19.1 Å². The Morgan fingerprint density at radius 2 is 1.74 bits per heavy atom. The summed E-state index contributed by atoms with van der Waals surface area (Å²) in [5, 5.41) is 10.8. The molecule has 0 fully saturated rings. The average molecular weight is 274 g/mol. The molecule has 19 heavy (non-hydrogen) atoms. The molecule has 1 atom stereocenters. The first-order valence-electron chi connectivity index (χ1n) is 5.75. The Bertz CT molecular complexity index is 260. The van der Waals surface area contributed by atoms with Crippen LogP contribution in [-0.2, 0) is 19.1 Å². The van der Waals surface area contributed by atoms with E-state index in [0.717, 1.165) is 31.4 Å². The number of nitrogens with two attached hydrogens (primary N) is 2. The topological polar surface area (TPSA) is 160 Å². The van der Waals surface area contributed by atoms with Crippen molar-refractivity contribution in [2.75, 3.05) is 13.2 Å². The van der Waals surface area contributed by atoms with Crippen molar-refractivity contribution in [1.82, 2.24) is 0 Å². The van der Waals surface area contributed by atoms with Crippen LogP contribution < -0.4 is 11.5 Å². The van der Waals surface area contributed by atoms with Crippen LogP contribution in [0.2, 0.25) is 0 Å². The van der Waals surface area contributed by atoms with E-state index in [0.29, 0.717) is 19.6 Å². The molecule has 0 heterocycles. The smallest absolute Gasteiger partial charge is 0.322 e. The fourth-order valence-electron chi connectivity index (χ4n) is 0.936. The summed E-state index contributed by atoms with van der Waals surface area (Å²) >= 11 is 0. The number of carbonyl (C=O) groups excluding carboxylic acids is 3. The van der Waals surface area contributed by atoms with E-state index in [1.807, 2.05) is 6.92 Å². The van der Waals surface area contributed by atoms with Crippen LogP contribution in [0.15, 0.2) is 0 Å². The van der Waals surface area contributed by atoms with Gasteiger partial charge >= 0.3 is 5.97 Å². The Labute approximate surface area is 112 Å². The standard InChI is InChI=1S/C9H20N2O2.2CHNO/c1-2-7-13-9(12)8(11)5-3-4-6-10;2*2-1-3/h8H,2-7,10-11H2,1H3;2*2H. The summed E-state index contributed by atoms with van der Waals surface area (Å²) in [4.78, 5) is 27.8. The summed E-state index contributed by atoms with van der Waals surface area (Å²) in [7, 11) is 0. The molecule has 0 aromatic carbocycles. The molecule has 0 bridgehead atoms. The molecule has 0 saturated heterocycles. The zero-order chi connectivity index (χ0) is 15.5. The highest BCUT2D eigenvalue weighted by molar-refractivity contribution is 5.75. The number of esters is 1. The lowest BCUT2D eigenvalue weighted by atomic mass is 10.1. The molecule has 0 saturated carbocycles. The largest absolute Gasteiger partial charge is 0.465 e. The van der Waals surface area contributed by atoms with E-state index >= 15 is 0 Å². The molecule has 0 amide bonds. The van der Waals surface area contributed by atoms with Crippen molar-refractivity contribution in [1.29, 1.82) is 10.8 Å². The van der Waals surface area contributed by atoms with Gasteiger partial charge in [-0.15, -0.1) is 0 Å². The summed E-state index contributed by atoms with van der Waals surface area (Å²) in [5.41, 5.74) is 10.9. The summed E-state index contributed by atoms with van der Waals surface area (Å²) in [6.45, 7) is 3.06. The zero-order valence-corrected chi connectivity index (χ0v) is 11.1. The van der Waals surface area contributed by atoms with Gasteiger partial charge in [0.1, 0.15) is 6.04 Å². The molecule has 0 aliphatic rings. The van der Waals surface area contributed by atoms with Gasteiger partial charge in [-0.3, -0.25) is 4.79 Å². The summed E-state index contributed by atoms with van der Waals surface area (Å²) in [5.74, 6) is -0.293. The molecule has 8 nitrogen and oxygen atoms in total. The Balaban J connectivity index is -0.000000360. The van der Waals surface area contributed by atoms with Crippen molar-refractivity contribution in [2.45, 2.75) is 38.6 Å². The molecular formula is C11H22N4O4. The Morgan fingerprint density at radius 1 is 1.26 bits per heavy atom. The van der Waals surface area contributed by atoms with Crippen molar-refractivity contribution in [3.05, 3.63) is 0 Å². The Kier molecular flexibility index (Phi) is 25.2. The monoisotopic (exact) mass is 274 g/mol. The normalized spacial score (nSPS) is 9.42. The maximum absolute atomic E-state index is 11.1. The number of hydrogen-bond acceptors (Lipinski definition) is 8. The van der Waals surface area contributed by atoms with Gasteiger partial charge in [0.25, 0.3) is 0 Å². The van der Waals surface area contributed by atoms with Crippen LogP contribution in [0.1, 0.15) is 32.6 Å². The molecular weight excluding hydrogens is 252 g/mol. The van der Waals surface area contributed by atoms with E-state index in [1.165, 1.54) is 0 Å². The van der Waals surface area contributed by atoms with Gasteiger partial charge in [-0.2, -0.15) is 0 Å². The average Bonchev–Trinajstić information content (AvgIpc) is 2.38. The Morgan fingerprint density at radius 3 is 2.11 bits per heavy atom. The first-order valence-corrected chi connectivity index (χ1v) is 5.75. The first-order chi connectivity index (χ1) is 9.05. The molecule has 0 spiro atoms. The van der Waals surface area contributed by atoms with E-state index < -0.39 is 6.04 Å². The SMILES string of the molecule is CCCOC(=O)C(N)CCCCN.N=C=O.N=C=O. The molecule has 0 aromatic heterocycles. The minimum atomic E-state index is -0.474. The lowest BCUT2D eigenvalue weighted by Gasteiger charge is -2.10. The molecule has 0 rings (SSSR count). The first kappa shape index (κ1) is 22.3. The highest BCUT2D eigenvalue weighted by atomic mass is 16.5. The van der Waals surface area contributed by atoms with Crippen LogP contribution in [0.25, 0.3) is 0 Å². The van der Waals surface area contributed by atoms with Gasteiger partial charge in [-0.25, -0.2) is 20.4 Å². The highest BCUT2D eigenvalue weighted by Crippen LogP contribution is 2.00. The molecule has 8 heteroatoms. The van der Waals surface area contributed by atoms with Gasteiger partial charge in [0, 0.05) is 0 Å². The minimum Gasteiger partial charge on any atom is -0.465 e. The Hall–Kier alpha value is -1.85.